The van der Waals surface area contributed by atoms with E-state index in [4.69, 9.17) is 4.74 Å². The third kappa shape index (κ3) is 4.40. The summed E-state index contributed by atoms with van der Waals surface area (Å²) in [6, 6.07) is 7.02. The van der Waals surface area contributed by atoms with Crippen molar-refractivity contribution in [2.24, 2.45) is 0 Å². The van der Waals surface area contributed by atoms with E-state index >= 15 is 0 Å². The maximum Gasteiger partial charge on any atom is 0.240 e. The normalized spacial score (nSPS) is 10.4. The highest BCUT2D eigenvalue weighted by Crippen LogP contribution is 2.07. The smallest absolute Gasteiger partial charge is 0.240 e. The first-order valence-electron chi connectivity index (χ1n) is 6.93. The Balaban J connectivity index is 2.04. The van der Waals surface area contributed by atoms with Gasteiger partial charge in [0.2, 0.25) is 11.3 Å². The molecule has 0 bridgehead atoms. The van der Waals surface area contributed by atoms with E-state index in [1.165, 1.54) is 36.1 Å². The number of pyridine rings is 1. The van der Waals surface area contributed by atoms with Gasteiger partial charge in [0.15, 0.2) is 5.75 Å². The number of aromatic nitrogens is 1. The second-order valence-electron chi connectivity index (χ2n) is 4.89. The number of hydrogen-bond donors (Lipinski definition) is 2. The van der Waals surface area contributed by atoms with Crippen molar-refractivity contribution in [1.29, 1.82) is 0 Å². The Morgan fingerprint density at radius 2 is 2.04 bits per heavy atom. The second kappa shape index (κ2) is 7.55. The molecule has 1 amide bonds. The predicted molar refractivity (Wildman–Crippen MR) is 81.4 cm³/mol. The fraction of sp³-hybridized carbons (Fsp3) is 0.250. The van der Waals surface area contributed by atoms with Crippen LogP contribution in [0.25, 0.3) is 0 Å². The summed E-state index contributed by atoms with van der Waals surface area (Å²) >= 11 is 0. The molecule has 0 aliphatic rings. The van der Waals surface area contributed by atoms with Crippen LogP contribution >= 0.6 is 0 Å². The predicted octanol–water partition coefficient (Wildman–Crippen LogP) is 0.805. The number of ether oxygens (including phenoxy) is 1. The zero-order valence-corrected chi connectivity index (χ0v) is 12.6. The van der Waals surface area contributed by atoms with Gasteiger partial charge in [0.1, 0.15) is 12.4 Å². The molecule has 0 saturated carbocycles. The summed E-state index contributed by atoms with van der Waals surface area (Å²) in [6.07, 6.45) is 1.38. The highest BCUT2D eigenvalue weighted by atomic mass is 19.1. The molecule has 6 nitrogen and oxygen atoms in total. The van der Waals surface area contributed by atoms with Crippen LogP contribution in [0.5, 0.6) is 5.75 Å². The molecular formula is C16H17FN2O4. The van der Waals surface area contributed by atoms with Crippen molar-refractivity contribution < 1.29 is 19.0 Å². The highest BCUT2D eigenvalue weighted by Gasteiger charge is 2.10. The average molecular weight is 320 g/mol. The SMILES string of the molecule is COc1cn(CC(=O)NCc2ccc(F)cc2)c(CO)cc1=O. The van der Waals surface area contributed by atoms with Crippen molar-refractivity contribution in [3.8, 4) is 5.75 Å². The number of rotatable bonds is 6. The van der Waals surface area contributed by atoms with Gasteiger partial charge in [-0.1, -0.05) is 12.1 Å². The van der Waals surface area contributed by atoms with E-state index in [2.05, 4.69) is 5.32 Å². The van der Waals surface area contributed by atoms with Gasteiger partial charge in [0, 0.05) is 18.3 Å². The van der Waals surface area contributed by atoms with Crippen molar-refractivity contribution >= 4 is 5.91 Å². The Morgan fingerprint density at radius 1 is 1.35 bits per heavy atom. The van der Waals surface area contributed by atoms with E-state index in [1.54, 1.807) is 12.1 Å². The minimum absolute atomic E-state index is 0.0757. The zero-order valence-electron chi connectivity index (χ0n) is 12.6. The van der Waals surface area contributed by atoms with Crippen molar-refractivity contribution in [2.75, 3.05) is 7.11 Å². The first-order chi connectivity index (χ1) is 11.0. The molecule has 0 atom stereocenters. The van der Waals surface area contributed by atoms with Gasteiger partial charge in [-0.3, -0.25) is 9.59 Å². The number of benzene rings is 1. The summed E-state index contributed by atoms with van der Waals surface area (Å²) in [5.41, 5.74) is 0.715. The van der Waals surface area contributed by atoms with Crippen LogP contribution in [0.2, 0.25) is 0 Å². The van der Waals surface area contributed by atoms with Crippen LogP contribution in [-0.4, -0.2) is 22.7 Å². The van der Waals surface area contributed by atoms with E-state index in [0.717, 1.165) is 5.56 Å². The standard InChI is InChI=1S/C16H17FN2O4/c1-23-15-8-19(13(10-20)6-14(15)21)9-16(22)18-7-11-2-4-12(17)5-3-11/h2-6,8,20H,7,9-10H2,1H3,(H,18,22). The van der Waals surface area contributed by atoms with E-state index in [0.29, 0.717) is 5.69 Å². The van der Waals surface area contributed by atoms with E-state index in [9.17, 15) is 19.1 Å². The maximum absolute atomic E-state index is 12.8. The molecule has 7 heteroatoms. The quantitative estimate of drug-likeness (QED) is 0.825. The van der Waals surface area contributed by atoms with E-state index in [-0.39, 0.29) is 42.6 Å². The molecule has 23 heavy (non-hydrogen) atoms. The van der Waals surface area contributed by atoms with Gasteiger partial charge in [-0.25, -0.2) is 4.39 Å². The number of methoxy groups -OCH3 is 1. The number of aliphatic hydroxyl groups excluding tert-OH is 1. The Kier molecular flexibility index (Phi) is 5.48. The monoisotopic (exact) mass is 320 g/mol. The fourth-order valence-corrected chi connectivity index (χ4v) is 2.04. The lowest BCUT2D eigenvalue weighted by molar-refractivity contribution is -0.121. The van der Waals surface area contributed by atoms with Crippen LogP contribution in [0.3, 0.4) is 0 Å². The van der Waals surface area contributed by atoms with Crippen LogP contribution in [0.4, 0.5) is 4.39 Å². The molecule has 0 aliphatic carbocycles. The van der Waals surface area contributed by atoms with Crippen LogP contribution in [-0.2, 0) is 24.5 Å². The number of nitrogens with one attached hydrogen (secondary N) is 1. The number of hydrogen-bond acceptors (Lipinski definition) is 4. The van der Waals surface area contributed by atoms with E-state index in [1.807, 2.05) is 0 Å². The molecule has 0 unspecified atom stereocenters. The Bertz CT molecular complexity index is 741. The Morgan fingerprint density at radius 3 is 2.65 bits per heavy atom. The lowest BCUT2D eigenvalue weighted by Crippen LogP contribution is -2.29. The molecule has 0 saturated heterocycles. The number of carbonyl (C=O) groups is 1. The van der Waals surface area contributed by atoms with Gasteiger partial charge >= 0.3 is 0 Å². The van der Waals surface area contributed by atoms with Gasteiger partial charge in [0.25, 0.3) is 0 Å². The minimum Gasteiger partial charge on any atom is -0.491 e. The van der Waals surface area contributed by atoms with Crippen molar-refractivity contribution in [3.63, 3.8) is 0 Å². The molecule has 0 spiro atoms. The molecule has 0 radical (unpaired) electrons. The van der Waals surface area contributed by atoms with Crippen LogP contribution in [0, 0.1) is 5.82 Å². The van der Waals surface area contributed by atoms with Crippen LogP contribution in [0.15, 0.2) is 41.3 Å². The number of carbonyl (C=O) groups excluding carboxylic acids is 1. The third-order valence-corrected chi connectivity index (χ3v) is 3.28. The molecule has 2 rings (SSSR count). The maximum atomic E-state index is 12.8. The Hall–Kier alpha value is -2.67. The second-order valence-corrected chi connectivity index (χ2v) is 4.89. The third-order valence-electron chi connectivity index (χ3n) is 3.28. The average Bonchev–Trinajstić information content (AvgIpc) is 2.55. The molecule has 2 aromatic rings. The van der Waals surface area contributed by atoms with Crippen LogP contribution in [0.1, 0.15) is 11.3 Å². The summed E-state index contributed by atoms with van der Waals surface area (Å²) in [5, 5.41) is 12.0. The largest absolute Gasteiger partial charge is 0.491 e. The van der Waals surface area contributed by atoms with Gasteiger partial charge in [-0.15, -0.1) is 0 Å². The topological polar surface area (TPSA) is 80.6 Å². The number of aliphatic hydroxyl groups is 1. The first kappa shape index (κ1) is 16.7. The van der Waals surface area contributed by atoms with Gasteiger partial charge < -0.3 is 19.7 Å². The molecule has 0 fully saturated rings. The highest BCUT2D eigenvalue weighted by molar-refractivity contribution is 5.75. The lowest BCUT2D eigenvalue weighted by atomic mass is 10.2. The van der Waals surface area contributed by atoms with Crippen molar-refractivity contribution in [3.05, 3.63) is 63.8 Å². The van der Waals surface area contributed by atoms with Gasteiger partial charge in [0.05, 0.1) is 19.9 Å². The summed E-state index contributed by atoms with van der Waals surface area (Å²) < 4.78 is 19.2. The number of halogens is 1. The number of nitrogens with zero attached hydrogens (tertiary/aromatic N) is 1. The summed E-state index contributed by atoms with van der Waals surface area (Å²) in [6.45, 7) is -0.191. The first-order valence-corrected chi connectivity index (χ1v) is 6.93. The number of amides is 1. The van der Waals surface area contributed by atoms with Crippen molar-refractivity contribution in [1.82, 2.24) is 9.88 Å². The van der Waals surface area contributed by atoms with Crippen LogP contribution < -0.4 is 15.5 Å². The molecule has 1 heterocycles. The summed E-state index contributed by atoms with van der Waals surface area (Å²) in [7, 11) is 1.36. The summed E-state index contributed by atoms with van der Waals surface area (Å²) in [4.78, 5) is 23.6. The fourth-order valence-electron chi connectivity index (χ4n) is 2.04. The molecular weight excluding hydrogens is 303 g/mol. The molecule has 122 valence electrons. The molecule has 0 aliphatic heterocycles. The van der Waals surface area contributed by atoms with Gasteiger partial charge in [-0.2, -0.15) is 0 Å². The molecule has 2 N–H and O–H groups in total. The zero-order chi connectivity index (χ0) is 16.8. The summed E-state index contributed by atoms with van der Waals surface area (Å²) in [5.74, 6) is -0.559. The Labute approximate surface area is 132 Å². The minimum atomic E-state index is -0.371. The lowest BCUT2D eigenvalue weighted by Gasteiger charge is -2.13. The molecule has 1 aromatic heterocycles. The van der Waals surface area contributed by atoms with Crippen molar-refractivity contribution in [2.45, 2.75) is 19.7 Å². The van der Waals surface area contributed by atoms with Gasteiger partial charge in [-0.05, 0) is 17.7 Å². The molecule has 1 aromatic carbocycles. The van der Waals surface area contributed by atoms with E-state index < -0.39 is 0 Å².